The van der Waals surface area contributed by atoms with Gasteiger partial charge in [-0.1, -0.05) is 30.4 Å². The van der Waals surface area contributed by atoms with E-state index < -0.39 is 0 Å². The molecule has 1 nitrogen and oxygen atoms in total. The lowest BCUT2D eigenvalue weighted by Crippen LogP contribution is -1.91. The fraction of sp³-hybridized carbons (Fsp3) is 0.0909. The van der Waals surface area contributed by atoms with Crippen molar-refractivity contribution in [3.63, 3.8) is 0 Å². The van der Waals surface area contributed by atoms with Crippen LogP contribution < -0.4 is 5.73 Å². The number of hydrogen-bond donors (Lipinski definition) is 1. The molecule has 0 spiro atoms. The Hall–Kier alpha value is -1.12. The summed E-state index contributed by atoms with van der Waals surface area (Å²) >= 11 is 1.77. The smallest absolute Gasteiger partial charge is 0.0348 e. The Kier molecular flexibility index (Phi) is 2.43. The zero-order valence-electron chi connectivity index (χ0n) is 7.23. The summed E-state index contributed by atoms with van der Waals surface area (Å²) in [5.74, 6) is 0. The summed E-state index contributed by atoms with van der Waals surface area (Å²) in [6.07, 6.45) is 4.06. The Morgan fingerprint density at radius 3 is 3.00 bits per heavy atom. The maximum atomic E-state index is 5.41. The fourth-order valence-electron chi connectivity index (χ4n) is 1.32. The van der Waals surface area contributed by atoms with Gasteiger partial charge in [-0.25, -0.2) is 0 Å². The molecule has 13 heavy (non-hydrogen) atoms. The molecule has 66 valence electrons. The highest BCUT2D eigenvalue weighted by Gasteiger charge is 1.98. The first-order valence-electron chi connectivity index (χ1n) is 4.24. The van der Waals surface area contributed by atoms with Gasteiger partial charge in [0.05, 0.1) is 0 Å². The van der Waals surface area contributed by atoms with Crippen LogP contribution in [0.25, 0.3) is 16.2 Å². The van der Waals surface area contributed by atoms with Gasteiger partial charge in [0, 0.05) is 11.2 Å². The molecule has 2 N–H and O–H groups in total. The molecule has 0 aliphatic rings. The van der Waals surface area contributed by atoms with E-state index in [1.165, 1.54) is 15.6 Å². The van der Waals surface area contributed by atoms with E-state index in [2.05, 4.69) is 35.7 Å². The van der Waals surface area contributed by atoms with Crippen molar-refractivity contribution < 1.29 is 0 Å². The summed E-state index contributed by atoms with van der Waals surface area (Å²) in [4.78, 5) is 0. The summed E-state index contributed by atoms with van der Waals surface area (Å²) in [5, 5.41) is 3.48. The van der Waals surface area contributed by atoms with Crippen LogP contribution in [-0.2, 0) is 0 Å². The first-order chi connectivity index (χ1) is 6.42. The molecule has 0 radical (unpaired) electrons. The van der Waals surface area contributed by atoms with Crippen LogP contribution in [0.2, 0.25) is 0 Å². The van der Waals surface area contributed by atoms with Crippen molar-refractivity contribution in [1.82, 2.24) is 0 Å². The van der Waals surface area contributed by atoms with Gasteiger partial charge < -0.3 is 5.73 Å². The van der Waals surface area contributed by atoms with E-state index >= 15 is 0 Å². The molecule has 0 atom stereocenters. The molecule has 0 aliphatic heterocycles. The van der Waals surface area contributed by atoms with Gasteiger partial charge in [-0.3, -0.25) is 0 Å². The van der Waals surface area contributed by atoms with E-state index in [1.807, 2.05) is 6.08 Å². The lowest BCUT2D eigenvalue weighted by Gasteiger charge is -1.89. The van der Waals surface area contributed by atoms with Crippen LogP contribution in [0, 0.1) is 0 Å². The maximum Gasteiger partial charge on any atom is 0.0348 e. The van der Waals surface area contributed by atoms with Crippen molar-refractivity contribution in [3.05, 3.63) is 41.3 Å². The van der Waals surface area contributed by atoms with Crippen LogP contribution in [0.15, 0.2) is 35.7 Å². The van der Waals surface area contributed by atoms with Gasteiger partial charge in [0.1, 0.15) is 0 Å². The zero-order chi connectivity index (χ0) is 9.10. The predicted octanol–water partition coefficient (Wildman–Crippen LogP) is 2.87. The molecule has 0 saturated carbocycles. The Morgan fingerprint density at radius 2 is 2.15 bits per heavy atom. The van der Waals surface area contributed by atoms with Crippen LogP contribution in [0.1, 0.15) is 5.56 Å². The molecule has 2 aromatic rings. The third-order valence-electron chi connectivity index (χ3n) is 1.94. The average molecular weight is 189 g/mol. The molecule has 0 fully saturated rings. The molecule has 0 saturated heterocycles. The Bertz CT molecular complexity index is 428. The summed E-state index contributed by atoms with van der Waals surface area (Å²) in [5.41, 5.74) is 6.68. The van der Waals surface area contributed by atoms with Crippen molar-refractivity contribution >= 4 is 27.5 Å². The van der Waals surface area contributed by atoms with Crippen molar-refractivity contribution in [2.24, 2.45) is 5.73 Å². The van der Waals surface area contributed by atoms with Crippen LogP contribution in [0.4, 0.5) is 0 Å². The van der Waals surface area contributed by atoms with Gasteiger partial charge in [-0.05, 0) is 22.4 Å². The van der Waals surface area contributed by atoms with Gasteiger partial charge >= 0.3 is 0 Å². The highest BCUT2D eigenvalue weighted by atomic mass is 32.1. The van der Waals surface area contributed by atoms with Crippen LogP contribution in [0.5, 0.6) is 0 Å². The van der Waals surface area contributed by atoms with Gasteiger partial charge in [-0.2, -0.15) is 0 Å². The maximum absolute atomic E-state index is 5.41. The second kappa shape index (κ2) is 3.73. The van der Waals surface area contributed by atoms with Crippen molar-refractivity contribution in [1.29, 1.82) is 0 Å². The minimum atomic E-state index is 0.601. The van der Waals surface area contributed by atoms with Crippen molar-refractivity contribution in [3.8, 4) is 0 Å². The molecule has 1 aromatic carbocycles. The minimum absolute atomic E-state index is 0.601. The normalized spacial score (nSPS) is 11.5. The number of nitrogens with two attached hydrogens (primary N) is 1. The zero-order valence-corrected chi connectivity index (χ0v) is 8.05. The topological polar surface area (TPSA) is 26.0 Å². The van der Waals surface area contributed by atoms with Gasteiger partial charge in [0.25, 0.3) is 0 Å². The molecule has 0 amide bonds. The monoisotopic (exact) mass is 189 g/mol. The molecule has 1 aromatic heterocycles. The number of fused-ring (bicyclic) bond motifs is 1. The number of hydrogen-bond acceptors (Lipinski definition) is 2. The first kappa shape index (κ1) is 8.48. The third kappa shape index (κ3) is 1.64. The van der Waals surface area contributed by atoms with E-state index in [1.54, 1.807) is 11.3 Å². The minimum Gasteiger partial charge on any atom is -0.327 e. The van der Waals surface area contributed by atoms with Crippen LogP contribution in [0.3, 0.4) is 0 Å². The molecule has 2 heteroatoms. The van der Waals surface area contributed by atoms with E-state index in [0.717, 1.165) is 0 Å². The second-order valence-electron chi connectivity index (χ2n) is 2.83. The van der Waals surface area contributed by atoms with Crippen molar-refractivity contribution in [2.75, 3.05) is 6.54 Å². The molecular formula is C11H11NS. The van der Waals surface area contributed by atoms with E-state index in [0.29, 0.717) is 6.54 Å². The lowest BCUT2D eigenvalue weighted by atomic mass is 10.2. The molecule has 1 heterocycles. The SMILES string of the molecule is NCC=Cc1csc2ccccc12. The predicted molar refractivity (Wildman–Crippen MR) is 59.9 cm³/mol. The van der Waals surface area contributed by atoms with E-state index in [4.69, 9.17) is 5.73 Å². The van der Waals surface area contributed by atoms with Crippen LogP contribution in [-0.4, -0.2) is 6.54 Å². The summed E-state index contributed by atoms with van der Waals surface area (Å²) in [6, 6.07) is 8.41. The standard InChI is InChI=1S/C11H11NS/c12-7-3-4-9-8-13-11-6-2-1-5-10(9)11/h1-6,8H,7,12H2. The number of rotatable bonds is 2. The van der Waals surface area contributed by atoms with Crippen molar-refractivity contribution in [2.45, 2.75) is 0 Å². The largest absolute Gasteiger partial charge is 0.327 e. The molecule has 0 bridgehead atoms. The first-order valence-corrected chi connectivity index (χ1v) is 5.12. The highest BCUT2D eigenvalue weighted by Crippen LogP contribution is 2.26. The van der Waals surface area contributed by atoms with Gasteiger partial charge in [0.15, 0.2) is 0 Å². The Morgan fingerprint density at radius 1 is 1.31 bits per heavy atom. The Labute approximate surface area is 81.5 Å². The van der Waals surface area contributed by atoms with E-state index in [9.17, 15) is 0 Å². The summed E-state index contributed by atoms with van der Waals surface area (Å²) < 4.78 is 1.33. The van der Waals surface area contributed by atoms with Gasteiger partial charge in [0.2, 0.25) is 0 Å². The van der Waals surface area contributed by atoms with E-state index in [-0.39, 0.29) is 0 Å². The molecular weight excluding hydrogens is 178 g/mol. The van der Waals surface area contributed by atoms with Gasteiger partial charge in [-0.15, -0.1) is 11.3 Å². The molecule has 2 rings (SSSR count). The second-order valence-corrected chi connectivity index (χ2v) is 3.74. The lowest BCUT2D eigenvalue weighted by molar-refractivity contribution is 1.26. The molecule has 0 aliphatic carbocycles. The third-order valence-corrected chi connectivity index (χ3v) is 2.93. The summed E-state index contributed by atoms with van der Waals surface area (Å²) in [6.45, 7) is 0.601. The quantitative estimate of drug-likeness (QED) is 0.772. The number of thiophene rings is 1. The average Bonchev–Trinajstić information content (AvgIpc) is 2.58. The summed E-state index contributed by atoms with van der Waals surface area (Å²) in [7, 11) is 0. The number of benzene rings is 1. The molecule has 0 unspecified atom stereocenters. The Balaban J connectivity index is 2.52. The van der Waals surface area contributed by atoms with Crippen LogP contribution >= 0.6 is 11.3 Å². The highest BCUT2D eigenvalue weighted by molar-refractivity contribution is 7.17. The fourth-order valence-corrected chi connectivity index (χ4v) is 2.25.